The molecule has 0 unspecified atom stereocenters. The molecule has 2 aliphatic rings. The standard InChI is InChI=1S/C13H16BrNO2/c14-10-1-2-12(15-9-10)17-11-7-13(8-11)3-5-16-6-4-13/h1-2,9,11H,3-8H2. The van der Waals surface area contributed by atoms with Gasteiger partial charge < -0.3 is 9.47 Å². The number of pyridine rings is 1. The summed E-state index contributed by atoms with van der Waals surface area (Å²) in [7, 11) is 0. The van der Waals surface area contributed by atoms with Gasteiger partial charge in [-0.1, -0.05) is 0 Å². The van der Waals surface area contributed by atoms with Crippen molar-refractivity contribution in [2.75, 3.05) is 13.2 Å². The van der Waals surface area contributed by atoms with Crippen LogP contribution in [0, 0.1) is 5.41 Å². The van der Waals surface area contributed by atoms with Gasteiger partial charge >= 0.3 is 0 Å². The Kier molecular flexibility index (Phi) is 3.09. The van der Waals surface area contributed by atoms with E-state index >= 15 is 0 Å². The van der Waals surface area contributed by atoms with Gasteiger partial charge in [0.25, 0.3) is 0 Å². The van der Waals surface area contributed by atoms with Crippen molar-refractivity contribution in [3.8, 4) is 5.88 Å². The molecule has 0 amide bonds. The number of aromatic nitrogens is 1. The quantitative estimate of drug-likeness (QED) is 0.840. The molecule has 2 fully saturated rings. The van der Waals surface area contributed by atoms with Crippen molar-refractivity contribution in [1.29, 1.82) is 0 Å². The highest BCUT2D eigenvalue weighted by molar-refractivity contribution is 9.10. The predicted molar refractivity (Wildman–Crippen MR) is 68.1 cm³/mol. The monoisotopic (exact) mass is 297 g/mol. The fourth-order valence-electron chi connectivity index (χ4n) is 2.80. The summed E-state index contributed by atoms with van der Waals surface area (Å²) in [5.74, 6) is 0.736. The number of hydrogen-bond acceptors (Lipinski definition) is 3. The first kappa shape index (κ1) is 11.5. The van der Waals surface area contributed by atoms with E-state index in [-0.39, 0.29) is 0 Å². The van der Waals surface area contributed by atoms with E-state index in [0.29, 0.717) is 11.5 Å². The van der Waals surface area contributed by atoms with Gasteiger partial charge in [0.2, 0.25) is 5.88 Å². The zero-order valence-corrected chi connectivity index (χ0v) is 11.3. The molecule has 1 aromatic heterocycles. The zero-order valence-electron chi connectivity index (χ0n) is 9.69. The maximum atomic E-state index is 5.86. The molecule has 3 rings (SSSR count). The molecule has 1 aromatic rings. The van der Waals surface area contributed by atoms with Crippen LogP contribution < -0.4 is 4.74 Å². The van der Waals surface area contributed by atoms with Crippen LogP contribution in [0.15, 0.2) is 22.8 Å². The van der Waals surface area contributed by atoms with Gasteiger partial charge in [-0.25, -0.2) is 4.98 Å². The second kappa shape index (κ2) is 4.58. The van der Waals surface area contributed by atoms with Crippen LogP contribution in [0.3, 0.4) is 0 Å². The van der Waals surface area contributed by atoms with Gasteiger partial charge in [0.05, 0.1) is 0 Å². The normalized spacial score (nSPS) is 23.4. The Morgan fingerprint density at radius 1 is 1.29 bits per heavy atom. The molecule has 2 heterocycles. The minimum Gasteiger partial charge on any atom is -0.474 e. The smallest absolute Gasteiger partial charge is 0.213 e. The van der Waals surface area contributed by atoms with Crippen molar-refractivity contribution in [3.05, 3.63) is 22.8 Å². The van der Waals surface area contributed by atoms with E-state index in [1.807, 2.05) is 12.1 Å². The Bertz CT molecular complexity index is 379. The minimum absolute atomic E-state index is 0.349. The minimum atomic E-state index is 0.349. The van der Waals surface area contributed by atoms with Crippen molar-refractivity contribution in [2.24, 2.45) is 5.41 Å². The lowest BCUT2D eigenvalue weighted by molar-refractivity contribution is -0.0868. The van der Waals surface area contributed by atoms with Gasteiger partial charge in [0.1, 0.15) is 6.10 Å². The van der Waals surface area contributed by atoms with Crippen LogP contribution in [-0.2, 0) is 4.74 Å². The van der Waals surface area contributed by atoms with E-state index < -0.39 is 0 Å². The summed E-state index contributed by atoms with van der Waals surface area (Å²) < 4.78 is 12.3. The lowest BCUT2D eigenvalue weighted by Crippen LogP contribution is -2.47. The molecule has 0 atom stereocenters. The third-order valence-electron chi connectivity index (χ3n) is 3.86. The van der Waals surface area contributed by atoms with Crippen LogP contribution in [0.5, 0.6) is 5.88 Å². The molecule has 1 spiro atoms. The molecule has 0 aromatic carbocycles. The predicted octanol–water partition coefficient (Wildman–Crippen LogP) is 3.18. The van der Waals surface area contributed by atoms with Crippen molar-refractivity contribution >= 4 is 15.9 Å². The van der Waals surface area contributed by atoms with Crippen molar-refractivity contribution in [1.82, 2.24) is 4.98 Å². The van der Waals surface area contributed by atoms with Crippen molar-refractivity contribution in [2.45, 2.75) is 31.8 Å². The first-order chi connectivity index (χ1) is 8.26. The van der Waals surface area contributed by atoms with E-state index in [2.05, 4.69) is 20.9 Å². The number of rotatable bonds is 2. The molecule has 1 aliphatic heterocycles. The molecule has 4 heteroatoms. The highest BCUT2D eigenvalue weighted by atomic mass is 79.9. The highest BCUT2D eigenvalue weighted by Crippen LogP contribution is 2.49. The van der Waals surface area contributed by atoms with Crippen LogP contribution in [0.2, 0.25) is 0 Å². The zero-order chi connectivity index (χ0) is 11.7. The van der Waals surface area contributed by atoms with Crippen LogP contribution >= 0.6 is 15.9 Å². The molecule has 1 saturated carbocycles. The molecular formula is C13H16BrNO2. The highest BCUT2D eigenvalue weighted by Gasteiger charge is 2.46. The second-order valence-electron chi connectivity index (χ2n) is 5.08. The largest absolute Gasteiger partial charge is 0.474 e. The molecule has 92 valence electrons. The van der Waals surface area contributed by atoms with E-state index in [1.165, 1.54) is 12.8 Å². The van der Waals surface area contributed by atoms with E-state index in [0.717, 1.165) is 36.4 Å². The topological polar surface area (TPSA) is 31.4 Å². The van der Waals surface area contributed by atoms with Crippen LogP contribution in [0.4, 0.5) is 0 Å². The maximum Gasteiger partial charge on any atom is 0.213 e. The summed E-state index contributed by atoms with van der Waals surface area (Å²) in [4.78, 5) is 4.24. The van der Waals surface area contributed by atoms with Crippen LogP contribution in [0.1, 0.15) is 25.7 Å². The molecule has 1 aliphatic carbocycles. The van der Waals surface area contributed by atoms with Gasteiger partial charge in [-0.3, -0.25) is 0 Å². The molecule has 0 radical (unpaired) electrons. The number of hydrogen-bond donors (Lipinski definition) is 0. The van der Waals surface area contributed by atoms with Gasteiger partial charge in [-0.05, 0) is 53.1 Å². The maximum absolute atomic E-state index is 5.86. The van der Waals surface area contributed by atoms with E-state index in [4.69, 9.17) is 9.47 Å². The summed E-state index contributed by atoms with van der Waals surface area (Å²) in [5, 5.41) is 0. The average molecular weight is 298 g/mol. The van der Waals surface area contributed by atoms with E-state index in [1.54, 1.807) is 6.20 Å². The van der Waals surface area contributed by atoms with Gasteiger partial charge in [0, 0.05) is 29.9 Å². The molecule has 1 saturated heterocycles. The molecule has 17 heavy (non-hydrogen) atoms. The lowest BCUT2D eigenvalue weighted by atomic mass is 9.62. The fraction of sp³-hybridized carbons (Fsp3) is 0.615. The van der Waals surface area contributed by atoms with Gasteiger partial charge in [-0.2, -0.15) is 0 Å². The molecule has 3 nitrogen and oxygen atoms in total. The summed E-state index contributed by atoms with van der Waals surface area (Å²) in [6.07, 6.45) is 6.84. The van der Waals surface area contributed by atoms with E-state index in [9.17, 15) is 0 Å². The third-order valence-corrected chi connectivity index (χ3v) is 4.33. The Balaban J connectivity index is 1.54. The summed E-state index contributed by atoms with van der Waals surface area (Å²) >= 11 is 3.37. The Labute approximate surface area is 110 Å². The molecule has 0 bridgehead atoms. The Morgan fingerprint density at radius 3 is 2.71 bits per heavy atom. The van der Waals surface area contributed by atoms with Crippen LogP contribution in [-0.4, -0.2) is 24.3 Å². The fourth-order valence-corrected chi connectivity index (χ4v) is 3.04. The lowest BCUT2D eigenvalue weighted by Gasteiger charge is -2.49. The summed E-state index contributed by atoms with van der Waals surface area (Å²) in [5.41, 5.74) is 0.512. The van der Waals surface area contributed by atoms with Crippen molar-refractivity contribution < 1.29 is 9.47 Å². The number of halogens is 1. The first-order valence-corrected chi connectivity index (χ1v) is 6.91. The molecular weight excluding hydrogens is 282 g/mol. The third kappa shape index (κ3) is 2.47. The SMILES string of the molecule is Brc1ccc(OC2CC3(CCOCC3)C2)nc1. The van der Waals surface area contributed by atoms with Gasteiger partial charge in [0.15, 0.2) is 0 Å². The van der Waals surface area contributed by atoms with Crippen LogP contribution in [0.25, 0.3) is 0 Å². The second-order valence-corrected chi connectivity index (χ2v) is 5.99. The Hall–Kier alpha value is -0.610. The average Bonchev–Trinajstić information content (AvgIpc) is 2.31. The van der Waals surface area contributed by atoms with Gasteiger partial charge in [-0.15, -0.1) is 0 Å². The van der Waals surface area contributed by atoms with Crippen molar-refractivity contribution in [3.63, 3.8) is 0 Å². The summed E-state index contributed by atoms with van der Waals surface area (Å²) in [6, 6.07) is 3.88. The summed E-state index contributed by atoms with van der Waals surface area (Å²) in [6.45, 7) is 1.84. The molecule has 0 N–H and O–H groups in total. The Morgan fingerprint density at radius 2 is 2.06 bits per heavy atom. The first-order valence-electron chi connectivity index (χ1n) is 6.12. The number of ether oxygens (including phenoxy) is 2. The number of nitrogens with zero attached hydrogens (tertiary/aromatic N) is 1.